The maximum Gasteiger partial charge on any atom is 0.0317 e. The van der Waals surface area contributed by atoms with Crippen LogP contribution in [-0.4, -0.2) is 13.6 Å². The molecule has 0 amide bonds. The van der Waals surface area contributed by atoms with Crippen molar-refractivity contribution in [2.24, 2.45) is 0 Å². The van der Waals surface area contributed by atoms with Crippen LogP contribution >= 0.6 is 27.3 Å². The lowest BCUT2D eigenvalue weighted by Gasteiger charge is -1.92. The molecule has 0 aromatic carbocycles. The third-order valence-electron chi connectivity index (χ3n) is 1.72. The SMILES string of the molecule is CNCCC=CCc1sccc1Br. The van der Waals surface area contributed by atoms with Crippen LogP contribution in [0.4, 0.5) is 0 Å². The average Bonchev–Trinajstić information content (AvgIpc) is 2.52. The highest BCUT2D eigenvalue weighted by Crippen LogP contribution is 2.23. The summed E-state index contributed by atoms with van der Waals surface area (Å²) in [5.41, 5.74) is 0. The molecule has 0 unspecified atom stereocenters. The van der Waals surface area contributed by atoms with Gasteiger partial charge in [-0.2, -0.15) is 0 Å². The third kappa shape index (κ3) is 4.07. The van der Waals surface area contributed by atoms with E-state index in [9.17, 15) is 0 Å². The van der Waals surface area contributed by atoms with Crippen molar-refractivity contribution in [3.8, 4) is 0 Å². The Morgan fingerprint density at radius 1 is 1.54 bits per heavy atom. The zero-order valence-corrected chi connectivity index (χ0v) is 10.1. The highest BCUT2D eigenvalue weighted by Gasteiger charge is 1.96. The topological polar surface area (TPSA) is 12.0 Å². The van der Waals surface area contributed by atoms with Crippen LogP contribution in [0.2, 0.25) is 0 Å². The van der Waals surface area contributed by atoms with Crippen LogP contribution in [-0.2, 0) is 6.42 Å². The lowest BCUT2D eigenvalue weighted by atomic mass is 10.3. The molecule has 1 nitrogen and oxygen atoms in total. The Balaban J connectivity index is 2.26. The molecule has 1 N–H and O–H groups in total. The van der Waals surface area contributed by atoms with Gasteiger partial charge in [-0.05, 0) is 47.4 Å². The Morgan fingerprint density at radius 3 is 3.00 bits per heavy atom. The molecule has 1 aromatic rings. The van der Waals surface area contributed by atoms with E-state index >= 15 is 0 Å². The van der Waals surface area contributed by atoms with E-state index in [0.29, 0.717) is 0 Å². The molecule has 0 spiro atoms. The van der Waals surface area contributed by atoms with Gasteiger partial charge in [-0.15, -0.1) is 11.3 Å². The summed E-state index contributed by atoms with van der Waals surface area (Å²) in [5.74, 6) is 0. The van der Waals surface area contributed by atoms with Crippen LogP contribution in [0.5, 0.6) is 0 Å². The molecule has 1 aromatic heterocycles. The van der Waals surface area contributed by atoms with E-state index in [2.05, 4.69) is 44.8 Å². The predicted octanol–water partition coefficient (Wildman–Crippen LogP) is 3.22. The van der Waals surface area contributed by atoms with Gasteiger partial charge in [-0.1, -0.05) is 12.2 Å². The summed E-state index contributed by atoms with van der Waals surface area (Å²) in [6.45, 7) is 1.06. The van der Waals surface area contributed by atoms with Gasteiger partial charge in [-0.3, -0.25) is 0 Å². The number of allylic oxidation sites excluding steroid dienone is 1. The third-order valence-corrected chi connectivity index (χ3v) is 3.67. The van der Waals surface area contributed by atoms with Crippen LogP contribution in [0.1, 0.15) is 11.3 Å². The van der Waals surface area contributed by atoms with E-state index in [-0.39, 0.29) is 0 Å². The Hall–Kier alpha value is -0.120. The van der Waals surface area contributed by atoms with Gasteiger partial charge < -0.3 is 5.32 Å². The van der Waals surface area contributed by atoms with Gasteiger partial charge in [-0.25, -0.2) is 0 Å². The summed E-state index contributed by atoms with van der Waals surface area (Å²) in [4.78, 5) is 1.40. The molecule has 0 aliphatic heterocycles. The molecule has 0 aliphatic carbocycles. The standard InChI is InChI=1S/C10H14BrNS/c1-12-7-4-2-3-5-10-9(11)6-8-13-10/h2-3,6,8,12H,4-5,7H2,1H3. The van der Waals surface area contributed by atoms with Gasteiger partial charge in [0.1, 0.15) is 0 Å². The second kappa shape index (κ2) is 6.35. The molecule has 3 heteroatoms. The number of thiophene rings is 1. The van der Waals surface area contributed by atoms with Crippen molar-refractivity contribution in [1.82, 2.24) is 5.32 Å². The summed E-state index contributed by atoms with van der Waals surface area (Å²) in [6, 6.07) is 2.10. The number of hydrogen-bond donors (Lipinski definition) is 1. The summed E-state index contributed by atoms with van der Waals surface area (Å²) >= 11 is 5.31. The molecule has 0 saturated heterocycles. The molecular weight excluding hydrogens is 246 g/mol. The van der Waals surface area contributed by atoms with Gasteiger partial charge in [0.15, 0.2) is 0 Å². The van der Waals surface area contributed by atoms with Crippen molar-refractivity contribution in [2.75, 3.05) is 13.6 Å². The lowest BCUT2D eigenvalue weighted by Crippen LogP contribution is -2.05. The second-order valence-electron chi connectivity index (χ2n) is 2.76. The first-order valence-corrected chi connectivity index (χ1v) is 6.03. The predicted molar refractivity (Wildman–Crippen MR) is 63.4 cm³/mol. The summed E-state index contributed by atoms with van der Waals surface area (Å²) in [6.07, 6.45) is 6.61. The number of rotatable bonds is 5. The van der Waals surface area contributed by atoms with E-state index in [1.165, 1.54) is 9.35 Å². The first-order valence-electron chi connectivity index (χ1n) is 4.36. The Labute approximate surface area is 92.0 Å². The first-order chi connectivity index (χ1) is 6.34. The number of hydrogen-bond acceptors (Lipinski definition) is 2. The Kier molecular flexibility index (Phi) is 5.35. The van der Waals surface area contributed by atoms with Gasteiger partial charge >= 0.3 is 0 Å². The maximum atomic E-state index is 3.51. The fourth-order valence-electron chi connectivity index (χ4n) is 1.01. The molecule has 0 saturated carbocycles. The summed E-state index contributed by atoms with van der Waals surface area (Å²) < 4.78 is 1.23. The van der Waals surface area contributed by atoms with Crippen LogP contribution in [0.25, 0.3) is 0 Å². The van der Waals surface area contributed by atoms with E-state index in [4.69, 9.17) is 0 Å². The van der Waals surface area contributed by atoms with Crippen molar-refractivity contribution in [3.63, 3.8) is 0 Å². The zero-order valence-electron chi connectivity index (χ0n) is 7.72. The maximum absolute atomic E-state index is 3.51. The zero-order chi connectivity index (χ0) is 9.52. The molecule has 0 atom stereocenters. The molecule has 0 fully saturated rings. The van der Waals surface area contributed by atoms with Crippen LogP contribution in [0.3, 0.4) is 0 Å². The lowest BCUT2D eigenvalue weighted by molar-refractivity contribution is 0.806. The van der Waals surface area contributed by atoms with Crippen LogP contribution in [0, 0.1) is 0 Å². The van der Waals surface area contributed by atoms with Crippen LogP contribution < -0.4 is 5.32 Å². The quantitative estimate of drug-likeness (QED) is 0.633. The molecular formula is C10H14BrNS. The smallest absolute Gasteiger partial charge is 0.0317 e. The van der Waals surface area contributed by atoms with Gasteiger partial charge in [0.2, 0.25) is 0 Å². The van der Waals surface area contributed by atoms with E-state index in [1.807, 2.05) is 7.05 Å². The highest BCUT2D eigenvalue weighted by atomic mass is 79.9. The normalized spacial score (nSPS) is 11.2. The van der Waals surface area contributed by atoms with Crippen molar-refractivity contribution in [3.05, 3.63) is 32.9 Å². The largest absolute Gasteiger partial charge is 0.319 e. The van der Waals surface area contributed by atoms with Crippen molar-refractivity contribution in [1.29, 1.82) is 0 Å². The molecule has 0 radical (unpaired) electrons. The van der Waals surface area contributed by atoms with Gasteiger partial charge in [0, 0.05) is 15.8 Å². The number of nitrogens with one attached hydrogen (secondary N) is 1. The van der Waals surface area contributed by atoms with Crippen molar-refractivity contribution < 1.29 is 0 Å². The summed E-state index contributed by atoms with van der Waals surface area (Å²) in [7, 11) is 1.98. The van der Waals surface area contributed by atoms with Gasteiger partial charge in [0.05, 0.1) is 0 Å². The minimum absolute atomic E-state index is 1.04. The molecule has 1 heterocycles. The first kappa shape index (κ1) is 11.0. The van der Waals surface area contributed by atoms with Crippen molar-refractivity contribution in [2.45, 2.75) is 12.8 Å². The van der Waals surface area contributed by atoms with E-state index < -0.39 is 0 Å². The molecule has 72 valence electrons. The monoisotopic (exact) mass is 259 g/mol. The fraction of sp³-hybridized carbons (Fsp3) is 0.400. The fourth-order valence-corrected chi connectivity index (χ4v) is 2.50. The van der Waals surface area contributed by atoms with E-state index in [1.54, 1.807) is 11.3 Å². The minimum atomic E-state index is 1.04. The molecule has 13 heavy (non-hydrogen) atoms. The second-order valence-corrected chi connectivity index (χ2v) is 4.61. The molecule has 0 aliphatic rings. The van der Waals surface area contributed by atoms with Gasteiger partial charge in [0.25, 0.3) is 0 Å². The van der Waals surface area contributed by atoms with Crippen molar-refractivity contribution >= 4 is 27.3 Å². The Morgan fingerprint density at radius 2 is 2.38 bits per heavy atom. The molecule has 1 rings (SSSR count). The summed E-state index contributed by atoms with van der Waals surface area (Å²) in [5, 5.41) is 5.23. The van der Waals surface area contributed by atoms with Crippen LogP contribution in [0.15, 0.2) is 28.1 Å². The minimum Gasteiger partial charge on any atom is -0.319 e. The number of halogens is 1. The van der Waals surface area contributed by atoms with E-state index in [0.717, 1.165) is 19.4 Å². The molecule has 0 bridgehead atoms. The Bertz CT molecular complexity index is 268. The average molecular weight is 260 g/mol. The highest BCUT2D eigenvalue weighted by molar-refractivity contribution is 9.10.